The number of halogens is 1. The third kappa shape index (κ3) is 7.65. The maximum absolute atomic E-state index is 14.0. The molecule has 0 aliphatic carbocycles. The van der Waals surface area contributed by atoms with Crippen molar-refractivity contribution in [1.29, 1.82) is 0 Å². The van der Waals surface area contributed by atoms with E-state index in [2.05, 4.69) is 5.32 Å². The number of hydrogen-bond acceptors (Lipinski definition) is 9. The van der Waals surface area contributed by atoms with Crippen LogP contribution in [0, 0.1) is 19.8 Å². The highest BCUT2D eigenvalue weighted by atomic mass is 35.5. The van der Waals surface area contributed by atoms with Crippen molar-refractivity contribution < 1.29 is 38.4 Å². The third-order valence-corrected chi connectivity index (χ3v) is 10.5. The molecule has 2 saturated heterocycles. The van der Waals surface area contributed by atoms with Crippen LogP contribution in [0.5, 0.6) is 0 Å². The van der Waals surface area contributed by atoms with Gasteiger partial charge in [0.2, 0.25) is 5.91 Å². The fourth-order valence-corrected chi connectivity index (χ4v) is 7.25. The number of nitrogens with one attached hydrogen (secondary N) is 1. The highest BCUT2D eigenvalue weighted by molar-refractivity contribution is 6.34. The molecular formula is C37H46ClN3O8. The molecule has 2 fully saturated rings. The summed E-state index contributed by atoms with van der Waals surface area (Å²) < 4.78 is 23.7. The van der Waals surface area contributed by atoms with Crippen LogP contribution < -0.4 is 16.0 Å². The van der Waals surface area contributed by atoms with E-state index in [0.717, 1.165) is 22.3 Å². The molecule has 2 aromatic rings. The van der Waals surface area contributed by atoms with Gasteiger partial charge in [-0.1, -0.05) is 60.5 Å². The van der Waals surface area contributed by atoms with Crippen molar-refractivity contribution in [2.45, 2.75) is 95.9 Å². The number of allylic oxidation sites excluding steroid dienone is 3. The topological polar surface area (TPSA) is 153 Å². The van der Waals surface area contributed by atoms with Crippen LogP contribution in [0.25, 0.3) is 0 Å². The number of benzene rings is 2. The van der Waals surface area contributed by atoms with Crippen LogP contribution in [0.4, 0.5) is 21.9 Å². The molecule has 5 rings (SSSR count). The van der Waals surface area contributed by atoms with Crippen LogP contribution >= 0.6 is 11.6 Å². The van der Waals surface area contributed by atoms with E-state index in [-0.39, 0.29) is 25.2 Å². The number of nitrogens with two attached hydrogens (primary N) is 1. The van der Waals surface area contributed by atoms with E-state index in [0.29, 0.717) is 28.5 Å². The molecule has 11 nitrogen and oxygen atoms in total. The summed E-state index contributed by atoms with van der Waals surface area (Å²) >= 11 is 6.75. The van der Waals surface area contributed by atoms with E-state index in [1.165, 1.54) is 12.0 Å². The van der Waals surface area contributed by atoms with Crippen LogP contribution in [-0.4, -0.2) is 72.9 Å². The zero-order chi connectivity index (χ0) is 35.8. The lowest BCUT2D eigenvalue weighted by atomic mass is 9.78. The number of carbonyl (C=O) groups is 3. The largest absolute Gasteiger partial charge is 0.462 e. The number of anilines is 3. The number of amides is 2. The van der Waals surface area contributed by atoms with E-state index in [9.17, 15) is 19.5 Å². The van der Waals surface area contributed by atoms with Crippen LogP contribution in [-0.2, 0) is 35.0 Å². The molecule has 49 heavy (non-hydrogen) atoms. The predicted octanol–water partition coefficient (Wildman–Crippen LogP) is 5.81. The number of para-hydroxylation sites is 1. The number of nitrogens with zero attached hydrogens (tertiary/aromatic N) is 1. The summed E-state index contributed by atoms with van der Waals surface area (Å²) in [6.45, 7) is 9.26. The molecule has 0 spiro atoms. The van der Waals surface area contributed by atoms with Gasteiger partial charge in [-0.05, 0) is 62.9 Å². The number of methoxy groups -OCH3 is 1. The summed E-state index contributed by atoms with van der Waals surface area (Å²) in [5.41, 5.74) is 8.21. The van der Waals surface area contributed by atoms with Crippen molar-refractivity contribution in [3.8, 4) is 0 Å². The first kappa shape index (κ1) is 36.4. The molecule has 0 unspecified atom stereocenters. The first-order valence-electron chi connectivity index (χ1n) is 16.4. The molecule has 3 aliphatic rings. The van der Waals surface area contributed by atoms with Gasteiger partial charge < -0.3 is 34.7 Å². The van der Waals surface area contributed by atoms with E-state index in [1.54, 1.807) is 45.2 Å². The van der Waals surface area contributed by atoms with Crippen molar-refractivity contribution in [2.75, 3.05) is 30.1 Å². The van der Waals surface area contributed by atoms with Crippen LogP contribution in [0.2, 0.25) is 5.02 Å². The standard InChI is InChI=1S/C37H46ClN3O8/c1-20-10-8-13-28(46-7)37(45)18-27(47-31(43)19-37)23(4)34-36(5,49-34)29(48-35(44)40-33-21(2)11-9-12-25(33)39)17-30(42)41(6)26-16-24(14-20)15-22(3)32(26)38/h8-13,15-16,23,27-29,34,45H,14,17-19,39H2,1-7H3,(H,40,44)/b13-8+,20-10+/t23-,27+,28-,29+,34+,36+,37-/m1/s1. The lowest BCUT2D eigenvalue weighted by Gasteiger charge is -2.41. The second-order valence-electron chi connectivity index (χ2n) is 13.8. The Balaban J connectivity index is 1.54. The van der Waals surface area contributed by atoms with E-state index < -0.39 is 53.6 Å². The van der Waals surface area contributed by atoms with Gasteiger partial charge in [-0.15, -0.1) is 0 Å². The predicted molar refractivity (Wildman–Crippen MR) is 188 cm³/mol. The van der Waals surface area contributed by atoms with Crippen molar-refractivity contribution in [2.24, 2.45) is 5.92 Å². The first-order chi connectivity index (χ1) is 23.1. The number of epoxide rings is 1. The first-order valence-corrected chi connectivity index (χ1v) is 16.8. The summed E-state index contributed by atoms with van der Waals surface area (Å²) in [5.74, 6) is -1.37. The Labute approximate surface area is 292 Å². The summed E-state index contributed by atoms with van der Waals surface area (Å²) in [7, 11) is 3.12. The lowest BCUT2D eigenvalue weighted by Crippen LogP contribution is -2.53. The number of nitrogen functional groups attached to an aromatic ring is 1. The van der Waals surface area contributed by atoms with Crippen LogP contribution in [0.1, 0.15) is 56.7 Å². The number of aryl methyl sites for hydroxylation is 2. The van der Waals surface area contributed by atoms with Gasteiger partial charge in [0.05, 0.1) is 41.0 Å². The number of esters is 1. The van der Waals surface area contributed by atoms with Crippen molar-refractivity contribution >= 4 is 46.6 Å². The van der Waals surface area contributed by atoms with E-state index in [1.807, 2.05) is 45.1 Å². The van der Waals surface area contributed by atoms with Gasteiger partial charge >= 0.3 is 12.1 Å². The number of aliphatic hydroxyl groups is 1. The molecule has 4 N–H and O–H groups in total. The molecule has 7 atom stereocenters. The molecule has 4 bridgehead atoms. The highest BCUT2D eigenvalue weighted by Gasteiger charge is 2.64. The fourth-order valence-electron chi connectivity index (χ4n) is 7.02. The maximum atomic E-state index is 14.0. The van der Waals surface area contributed by atoms with Gasteiger partial charge in [-0.3, -0.25) is 14.9 Å². The zero-order valence-electron chi connectivity index (χ0n) is 29.0. The number of carbonyl (C=O) groups excluding carboxylic acids is 3. The SMILES string of the molecule is CO[C@@H]1/C=C/C=C(\C)Cc2cc(C)c(Cl)c(c2)N(C)C(=O)C[C@H](OC(=O)Nc2c(C)cccc2N)[C@]2(C)O[C@H]2[C@H](C)[C@@H]2C[C@@]1(O)CC(=O)O2. The molecule has 0 radical (unpaired) electrons. The summed E-state index contributed by atoms with van der Waals surface area (Å²) in [6, 6.07) is 9.09. The second kappa shape index (κ2) is 14.1. The normalized spacial score (nSPS) is 32.3. The molecular weight excluding hydrogens is 650 g/mol. The van der Waals surface area contributed by atoms with Crippen molar-refractivity contribution in [3.05, 3.63) is 75.8 Å². The smallest absolute Gasteiger partial charge is 0.412 e. The van der Waals surface area contributed by atoms with Gasteiger partial charge in [0.15, 0.2) is 0 Å². The minimum Gasteiger partial charge on any atom is -0.462 e. The van der Waals surface area contributed by atoms with Crippen LogP contribution in [0.15, 0.2) is 54.1 Å². The molecule has 0 aromatic heterocycles. The summed E-state index contributed by atoms with van der Waals surface area (Å²) in [6.07, 6.45) is 1.63. The number of ether oxygens (including phenoxy) is 4. The Hall–Kier alpha value is -3.90. The molecule has 12 heteroatoms. The summed E-state index contributed by atoms with van der Waals surface area (Å²) in [4.78, 5) is 41.8. The Kier molecular flexibility index (Phi) is 10.5. The van der Waals surface area contributed by atoms with Crippen LogP contribution in [0.3, 0.4) is 0 Å². The Morgan fingerprint density at radius 3 is 2.61 bits per heavy atom. The second-order valence-corrected chi connectivity index (χ2v) is 14.2. The number of rotatable bonds is 3. The third-order valence-electron chi connectivity index (χ3n) is 9.98. The minimum absolute atomic E-state index is 0.0885. The van der Waals surface area contributed by atoms with Gasteiger partial charge in [-0.2, -0.15) is 0 Å². The van der Waals surface area contributed by atoms with Crippen molar-refractivity contribution in [3.63, 3.8) is 0 Å². The Morgan fingerprint density at radius 1 is 1.18 bits per heavy atom. The summed E-state index contributed by atoms with van der Waals surface area (Å²) in [5, 5.41) is 14.9. The molecule has 2 aromatic carbocycles. The number of hydrogen-bond donors (Lipinski definition) is 3. The highest BCUT2D eigenvalue weighted by Crippen LogP contribution is 2.49. The maximum Gasteiger partial charge on any atom is 0.412 e. The molecule has 0 saturated carbocycles. The number of fused-ring (bicyclic) bond motifs is 5. The molecule has 3 aliphatic heterocycles. The average Bonchev–Trinajstić information content (AvgIpc) is 3.73. The van der Waals surface area contributed by atoms with Gasteiger partial charge in [0.1, 0.15) is 29.5 Å². The van der Waals surface area contributed by atoms with E-state index >= 15 is 0 Å². The van der Waals surface area contributed by atoms with Gasteiger partial charge in [-0.25, -0.2) is 4.79 Å². The van der Waals surface area contributed by atoms with E-state index in [4.69, 9.17) is 36.3 Å². The van der Waals surface area contributed by atoms with Gasteiger partial charge in [0, 0.05) is 26.5 Å². The average molecular weight is 696 g/mol. The van der Waals surface area contributed by atoms with Crippen molar-refractivity contribution in [1.82, 2.24) is 0 Å². The lowest BCUT2D eigenvalue weighted by molar-refractivity contribution is -0.187. The zero-order valence-corrected chi connectivity index (χ0v) is 29.8. The quantitative estimate of drug-likeness (QED) is 0.205. The monoisotopic (exact) mass is 695 g/mol. The van der Waals surface area contributed by atoms with Gasteiger partial charge in [0.25, 0.3) is 0 Å². The molecule has 264 valence electrons. The molecule has 2 amide bonds. The Morgan fingerprint density at radius 2 is 1.92 bits per heavy atom. The fraction of sp³-hybridized carbons (Fsp3) is 0.486. The Bertz CT molecular complexity index is 1670. The minimum atomic E-state index is -1.54. The molecule has 3 heterocycles.